The molecule has 0 aliphatic rings. The van der Waals surface area contributed by atoms with Gasteiger partial charge in [-0.2, -0.15) is 9.72 Å². The number of halogens is 1. The Bertz CT molecular complexity index is 565. The van der Waals surface area contributed by atoms with E-state index in [2.05, 4.69) is 25.9 Å². The standard InChI is InChI=1S/C9H8BrN3O2S.C2H6/c10-6-3-7(5-14)11-8(4-6)12-9-13(15)1-2-16-9;1-2/h1-4,14-15H,5H2;1-2H3/b12-9-;. The number of pyridine rings is 1. The van der Waals surface area contributed by atoms with Crippen molar-refractivity contribution in [3.8, 4) is 0 Å². The largest absolute Gasteiger partial charge is 0.426 e. The summed E-state index contributed by atoms with van der Waals surface area (Å²) in [5.74, 6) is 0.434. The molecular weight excluding hydrogens is 318 g/mol. The van der Waals surface area contributed by atoms with Gasteiger partial charge in [0, 0.05) is 9.85 Å². The molecule has 2 aromatic rings. The summed E-state index contributed by atoms with van der Waals surface area (Å²) in [5, 5.41) is 20.1. The molecule has 0 saturated heterocycles. The first-order chi connectivity index (χ1) is 8.69. The molecule has 0 aromatic carbocycles. The molecule has 0 bridgehead atoms. The Hall–Kier alpha value is -1.18. The second-order valence-corrected chi connectivity index (χ2v) is 4.72. The van der Waals surface area contributed by atoms with Crippen molar-refractivity contribution in [1.82, 2.24) is 9.71 Å². The van der Waals surface area contributed by atoms with E-state index >= 15 is 0 Å². The van der Waals surface area contributed by atoms with Gasteiger partial charge in [0.1, 0.15) is 0 Å². The van der Waals surface area contributed by atoms with Crippen LogP contribution >= 0.6 is 27.3 Å². The van der Waals surface area contributed by atoms with Gasteiger partial charge in [0.2, 0.25) is 4.80 Å². The van der Waals surface area contributed by atoms with E-state index in [4.69, 9.17) is 5.11 Å². The summed E-state index contributed by atoms with van der Waals surface area (Å²) >= 11 is 4.59. The predicted octanol–water partition coefficient (Wildman–Crippen LogP) is 2.70. The van der Waals surface area contributed by atoms with E-state index in [9.17, 15) is 5.21 Å². The molecule has 7 heteroatoms. The van der Waals surface area contributed by atoms with Gasteiger partial charge in [0.25, 0.3) is 0 Å². The third-order valence-electron chi connectivity index (χ3n) is 1.77. The van der Waals surface area contributed by atoms with Crippen LogP contribution in [0.3, 0.4) is 0 Å². The molecule has 2 heterocycles. The van der Waals surface area contributed by atoms with Crippen LogP contribution in [0.5, 0.6) is 0 Å². The molecule has 0 aliphatic carbocycles. The van der Waals surface area contributed by atoms with Crippen molar-refractivity contribution in [3.63, 3.8) is 0 Å². The van der Waals surface area contributed by atoms with Crippen LogP contribution in [0.4, 0.5) is 5.82 Å². The van der Waals surface area contributed by atoms with Gasteiger partial charge in [-0.15, -0.1) is 11.3 Å². The number of aromatic nitrogens is 2. The fraction of sp³-hybridized carbons (Fsp3) is 0.273. The van der Waals surface area contributed by atoms with Crippen LogP contribution in [0.15, 0.2) is 33.2 Å². The quantitative estimate of drug-likeness (QED) is 0.831. The Morgan fingerprint density at radius 2 is 2.17 bits per heavy atom. The number of hydrogen-bond acceptors (Lipinski definition) is 5. The van der Waals surface area contributed by atoms with Gasteiger partial charge in [-0.05, 0) is 12.1 Å². The smallest absolute Gasteiger partial charge is 0.225 e. The Kier molecular flexibility index (Phi) is 6.03. The number of aliphatic hydroxyl groups is 1. The van der Waals surface area contributed by atoms with E-state index in [1.54, 1.807) is 17.5 Å². The topological polar surface area (TPSA) is 70.6 Å². The second kappa shape index (κ2) is 7.30. The average Bonchev–Trinajstić information content (AvgIpc) is 2.77. The van der Waals surface area contributed by atoms with Crippen molar-refractivity contribution < 1.29 is 10.3 Å². The summed E-state index contributed by atoms with van der Waals surface area (Å²) < 4.78 is 1.71. The van der Waals surface area contributed by atoms with E-state index in [1.807, 2.05) is 13.8 Å². The van der Waals surface area contributed by atoms with Gasteiger partial charge in [0.05, 0.1) is 18.5 Å². The second-order valence-electron chi connectivity index (χ2n) is 2.93. The summed E-state index contributed by atoms with van der Waals surface area (Å²) in [6, 6.07) is 3.42. The van der Waals surface area contributed by atoms with Crippen LogP contribution in [0, 0.1) is 0 Å². The maximum atomic E-state index is 9.35. The maximum Gasteiger partial charge on any atom is 0.225 e. The molecule has 2 aromatic heterocycles. The van der Waals surface area contributed by atoms with Gasteiger partial charge in [0.15, 0.2) is 5.82 Å². The van der Waals surface area contributed by atoms with Crippen LogP contribution in [-0.4, -0.2) is 20.0 Å². The molecule has 0 spiro atoms. The van der Waals surface area contributed by atoms with E-state index in [1.165, 1.54) is 17.5 Å². The molecule has 0 atom stereocenters. The highest BCUT2D eigenvalue weighted by atomic mass is 79.9. The lowest BCUT2D eigenvalue weighted by Gasteiger charge is -1.99. The van der Waals surface area contributed by atoms with E-state index < -0.39 is 0 Å². The SMILES string of the molecule is CC.OCc1cc(Br)cc(/N=c2\sccn2O)n1. The van der Waals surface area contributed by atoms with E-state index in [0.717, 1.165) is 9.20 Å². The van der Waals surface area contributed by atoms with Crippen LogP contribution in [0.2, 0.25) is 0 Å². The third-order valence-corrected chi connectivity index (χ3v) is 2.98. The van der Waals surface area contributed by atoms with Gasteiger partial charge in [-0.25, -0.2) is 4.98 Å². The third kappa shape index (κ3) is 3.94. The minimum Gasteiger partial charge on any atom is -0.426 e. The van der Waals surface area contributed by atoms with Gasteiger partial charge in [-0.1, -0.05) is 29.8 Å². The van der Waals surface area contributed by atoms with E-state index in [0.29, 0.717) is 16.3 Å². The first-order valence-electron chi connectivity index (χ1n) is 5.36. The van der Waals surface area contributed by atoms with Crippen LogP contribution in [0.25, 0.3) is 0 Å². The fourth-order valence-electron chi connectivity index (χ4n) is 1.12. The molecule has 0 saturated carbocycles. The lowest BCUT2D eigenvalue weighted by atomic mass is 10.3. The fourth-order valence-corrected chi connectivity index (χ4v) is 2.20. The van der Waals surface area contributed by atoms with Crippen LogP contribution < -0.4 is 4.80 Å². The number of hydrogen-bond donors (Lipinski definition) is 2. The van der Waals surface area contributed by atoms with Gasteiger partial charge in [-0.3, -0.25) is 0 Å². The number of rotatable bonds is 2. The minimum absolute atomic E-state index is 0.147. The molecule has 0 aliphatic heterocycles. The minimum atomic E-state index is -0.147. The molecular formula is C11H14BrN3O2S. The van der Waals surface area contributed by atoms with Crippen molar-refractivity contribution in [1.29, 1.82) is 0 Å². The van der Waals surface area contributed by atoms with Crippen molar-refractivity contribution in [3.05, 3.63) is 38.7 Å². The molecule has 98 valence electrons. The lowest BCUT2D eigenvalue weighted by Crippen LogP contribution is -2.09. The first-order valence-corrected chi connectivity index (χ1v) is 7.04. The molecule has 18 heavy (non-hydrogen) atoms. The zero-order chi connectivity index (χ0) is 13.5. The predicted molar refractivity (Wildman–Crippen MR) is 73.9 cm³/mol. The van der Waals surface area contributed by atoms with Gasteiger partial charge >= 0.3 is 0 Å². The highest BCUT2D eigenvalue weighted by Gasteiger charge is 2.00. The summed E-state index contributed by atoms with van der Waals surface area (Å²) in [7, 11) is 0. The maximum absolute atomic E-state index is 9.35. The van der Waals surface area contributed by atoms with Crippen molar-refractivity contribution in [2.45, 2.75) is 20.5 Å². The monoisotopic (exact) mass is 331 g/mol. The molecule has 0 radical (unpaired) electrons. The summed E-state index contributed by atoms with van der Waals surface area (Å²) in [6.45, 7) is 3.85. The Morgan fingerprint density at radius 3 is 2.72 bits per heavy atom. The Morgan fingerprint density at radius 1 is 1.44 bits per heavy atom. The van der Waals surface area contributed by atoms with Crippen molar-refractivity contribution in [2.75, 3.05) is 0 Å². The average molecular weight is 332 g/mol. The summed E-state index contributed by atoms with van der Waals surface area (Å²) in [5.41, 5.74) is 0.522. The molecule has 0 amide bonds. The normalized spacial score (nSPS) is 11.0. The Labute approximate surface area is 117 Å². The molecule has 2 rings (SSSR count). The van der Waals surface area contributed by atoms with Crippen LogP contribution in [-0.2, 0) is 6.61 Å². The number of aliphatic hydroxyl groups excluding tert-OH is 1. The molecule has 5 nitrogen and oxygen atoms in total. The zero-order valence-corrected chi connectivity index (χ0v) is 12.4. The lowest BCUT2D eigenvalue weighted by molar-refractivity contribution is 0.178. The van der Waals surface area contributed by atoms with E-state index in [-0.39, 0.29) is 6.61 Å². The van der Waals surface area contributed by atoms with Crippen molar-refractivity contribution >= 4 is 33.1 Å². The molecule has 0 unspecified atom stereocenters. The van der Waals surface area contributed by atoms with Crippen molar-refractivity contribution in [2.24, 2.45) is 4.99 Å². The first kappa shape index (κ1) is 14.9. The Balaban J connectivity index is 0.000000771. The highest BCUT2D eigenvalue weighted by Crippen LogP contribution is 2.17. The zero-order valence-electron chi connectivity index (χ0n) is 10.0. The molecule has 0 fully saturated rings. The van der Waals surface area contributed by atoms with Crippen LogP contribution in [0.1, 0.15) is 19.5 Å². The summed E-state index contributed by atoms with van der Waals surface area (Å²) in [4.78, 5) is 8.68. The molecule has 2 N–H and O–H groups in total. The summed E-state index contributed by atoms with van der Waals surface area (Å²) in [6.07, 6.45) is 1.49. The highest BCUT2D eigenvalue weighted by molar-refractivity contribution is 9.10. The number of nitrogens with zero attached hydrogens (tertiary/aromatic N) is 3. The number of thiazole rings is 1. The van der Waals surface area contributed by atoms with Gasteiger partial charge < -0.3 is 10.3 Å².